The van der Waals surface area contributed by atoms with Crippen molar-refractivity contribution < 1.29 is 0 Å². The van der Waals surface area contributed by atoms with Gasteiger partial charge in [0.05, 0.1) is 10.7 Å². The summed E-state index contributed by atoms with van der Waals surface area (Å²) < 4.78 is 1.77. The Morgan fingerprint density at radius 1 is 1.82 bits per heavy atom. The van der Waals surface area contributed by atoms with Crippen LogP contribution in [0, 0.1) is 6.92 Å². The van der Waals surface area contributed by atoms with Crippen LogP contribution in [0.5, 0.6) is 0 Å². The van der Waals surface area contributed by atoms with Crippen LogP contribution in [0.1, 0.15) is 11.3 Å². The smallest absolute Gasteiger partial charge is 0.0788 e. The molecule has 0 aliphatic heterocycles. The Morgan fingerprint density at radius 3 is 2.82 bits per heavy atom. The lowest BCUT2D eigenvalue weighted by Crippen LogP contribution is -2.12. The Morgan fingerprint density at radius 2 is 2.45 bits per heavy atom. The van der Waals surface area contributed by atoms with Crippen LogP contribution in [0.25, 0.3) is 0 Å². The molecule has 0 aliphatic rings. The van der Waals surface area contributed by atoms with Crippen molar-refractivity contribution >= 4 is 17.2 Å². The van der Waals surface area contributed by atoms with Crippen LogP contribution in [-0.2, 0) is 13.5 Å². The largest absolute Gasteiger partial charge is 0.393 e. The number of rotatable bonds is 2. The molecule has 0 aliphatic carbocycles. The second-order valence-corrected chi connectivity index (χ2v) is 3.10. The van der Waals surface area contributed by atoms with E-state index in [1.165, 1.54) is 0 Å². The predicted molar refractivity (Wildman–Crippen MR) is 48.4 cm³/mol. The predicted octanol–water partition coefficient (Wildman–Crippen LogP) is 0.557. The van der Waals surface area contributed by atoms with Crippen LogP contribution < -0.4 is 5.73 Å². The van der Waals surface area contributed by atoms with Gasteiger partial charge in [-0.3, -0.25) is 4.68 Å². The third kappa shape index (κ3) is 2.01. The molecule has 4 heteroatoms. The van der Waals surface area contributed by atoms with Crippen LogP contribution in [0.3, 0.4) is 0 Å². The highest BCUT2D eigenvalue weighted by atomic mass is 32.1. The van der Waals surface area contributed by atoms with Gasteiger partial charge in [-0.25, -0.2) is 0 Å². The lowest BCUT2D eigenvalue weighted by Gasteiger charge is -1.93. The molecule has 0 saturated heterocycles. The number of hydrogen-bond donors (Lipinski definition) is 1. The van der Waals surface area contributed by atoms with Gasteiger partial charge in [0.15, 0.2) is 0 Å². The summed E-state index contributed by atoms with van der Waals surface area (Å²) in [4.78, 5) is 0.492. The summed E-state index contributed by atoms with van der Waals surface area (Å²) in [6.45, 7) is 2.00. The van der Waals surface area contributed by atoms with Crippen molar-refractivity contribution in [2.75, 3.05) is 0 Å². The summed E-state index contributed by atoms with van der Waals surface area (Å²) in [7, 11) is 1.88. The van der Waals surface area contributed by atoms with E-state index in [0.29, 0.717) is 11.4 Å². The molecule has 1 aromatic rings. The molecule has 0 unspecified atom stereocenters. The summed E-state index contributed by atoms with van der Waals surface area (Å²) in [6.07, 6.45) is 2.55. The molecule has 0 saturated carbocycles. The summed E-state index contributed by atoms with van der Waals surface area (Å²) in [5.74, 6) is 0. The standard InChI is InChI=1S/C7H11N3S/c1-5-4-10(2)9-6(5)3-7(8)11/h4H,3H2,1-2H3,(H2,8,11). The first-order valence-corrected chi connectivity index (χ1v) is 3.78. The zero-order valence-electron chi connectivity index (χ0n) is 6.66. The zero-order chi connectivity index (χ0) is 8.43. The molecule has 0 radical (unpaired) electrons. The molecule has 1 aromatic heterocycles. The van der Waals surface area contributed by atoms with E-state index in [2.05, 4.69) is 5.10 Å². The quantitative estimate of drug-likeness (QED) is 0.658. The van der Waals surface area contributed by atoms with Crippen LogP contribution in [0.2, 0.25) is 0 Å². The Balaban J connectivity index is 2.85. The number of aryl methyl sites for hydroxylation is 2. The van der Waals surface area contributed by atoms with Gasteiger partial charge in [0.25, 0.3) is 0 Å². The average Bonchev–Trinajstić information content (AvgIpc) is 2.09. The van der Waals surface area contributed by atoms with Gasteiger partial charge in [0, 0.05) is 19.7 Å². The van der Waals surface area contributed by atoms with Gasteiger partial charge in [0.2, 0.25) is 0 Å². The van der Waals surface area contributed by atoms with E-state index in [-0.39, 0.29) is 0 Å². The minimum absolute atomic E-state index is 0.492. The number of nitrogens with two attached hydrogens (primary N) is 1. The first-order valence-electron chi connectivity index (χ1n) is 3.37. The number of thiocarbonyl (C=S) groups is 1. The van der Waals surface area contributed by atoms with Crippen molar-refractivity contribution in [1.29, 1.82) is 0 Å². The maximum Gasteiger partial charge on any atom is 0.0788 e. The van der Waals surface area contributed by atoms with E-state index >= 15 is 0 Å². The van der Waals surface area contributed by atoms with Crippen LogP contribution in [0.4, 0.5) is 0 Å². The molecule has 1 heterocycles. The average molecular weight is 169 g/mol. The molecule has 0 aromatic carbocycles. The molecule has 11 heavy (non-hydrogen) atoms. The minimum atomic E-state index is 0.492. The molecule has 1 rings (SSSR count). The van der Waals surface area contributed by atoms with Gasteiger partial charge < -0.3 is 5.73 Å². The van der Waals surface area contributed by atoms with Gasteiger partial charge in [0.1, 0.15) is 0 Å². The maximum atomic E-state index is 5.38. The first kappa shape index (κ1) is 8.20. The lowest BCUT2D eigenvalue weighted by molar-refractivity contribution is 0.753. The Kier molecular flexibility index (Phi) is 2.24. The van der Waals surface area contributed by atoms with E-state index in [0.717, 1.165) is 11.3 Å². The maximum absolute atomic E-state index is 5.38. The molecule has 0 atom stereocenters. The minimum Gasteiger partial charge on any atom is -0.393 e. The normalized spacial score (nSPS) is 10.0. The first-order chi connectivity index (χ1) is 5.09. The third-order valence-corrected chi connectivity index (χ3v) is 1.60. The monoisotopic (exact) mass is 169 g/mol. The summed E-state index contributed by atoms with van der Waals surface area (Å²) >= 11 is 4.77. The Bertz CT molecular complexity index is 277. The summed E-state index contributed by atoms with van der Waals surface area (Å²) in [5.41, 5.74) is 7.50. The van der Waals surface area contributed by atoms with Gasteiger partial charge in [-0.15, -0.1) is 0 Å². The molecule has 0 fully saturated rings. The van der Waals surface area contributed by atoms with Crippen LogP contribution in [0.15, 0.2) is 6.20 Å². The van der Waals surface area contributed by atoms with Crippen molar-refractivity contribution in [3.8, 4) is 0 Å². The van der Waals surface area contributed by atoms with Crippen LogP contribution in [-0.4, -0.2) is 14.8 Å². The molecular formula is C7H11N3S. The second kappa shape index (κ2) is 3.00. The molecule has 2 N–H and O–H groups in total. The van der Waals surface area contributed by atoms with Crippen molar-refractivity contribution in [3.05, 3.63) is 17.5 Å². The lowest BCUT2D eigenvalue weighted by atomic mass is 10.2. The van der Waals surface area contributed by atoms with Gasteiger partial charge >= 0.3 is 0 Å². The van der Waals surface area contributed by atoms with E-state index in [1.54, 1.807) is 4.68 Å². The second-order valence-electron chi connectivity index (χ2n) is 2.58. The van der Waals surface area contributed by atoms with E-state index in [1.807, 2.05) is 20.2 Å². The molecule has 0 amide bonds. The van der Waals surface area contributed by atoms with Crippen LogP contribution >= 0.6 is 12.2 Å². The molecule has 3 nitrogen and oxygen atoms in total. The highest BCUT2D eigenvalue weighted by Gasteiger charge is 2.03. The topological polar surface area (TPSA) is 43.8 Å². The Hall–Kier alpha value is -0.900. The van der Waals surface area contributed by atoms with Gasteiger partial charge in [-0.1, -0.05) is 12.2 Å². The van der Waals surface area contributed by atoms with Crippen molar-refractivity contribution in [2.45, 2.75) is 13.3 Å². The number of nitrogens with zero attached hydrogens (tertiary/aromatic N) is 2. The van der Waals surface area contributed by atoms with Crippen molar-refractivity contribution in [2.24, 2.45) is 12.8 Å². The van der Waals surface area contributed by atoms with Gasteiger partial charge in [-0.2, -0.15) is 5.10 Å². The molecule has 0 bridgehead atoms. The summed E-state index contributed by atoms with van der Waals surface area (Å²) in [6, 6.07) is 0. The van der Waals surface area contributed by atoms with Crippen molar-refractivity contribution in [1.82, 2.24) is 9.78 Å². The number of hydrogen-bond acceptors (Lipinski definition) is 2. The summed E-state index contributed by atoms with van der Waals surface area (Å²) in [5, 5.41) is 4.20. The fraction of sp³-hybridized carbons (Fsp3) is 0.429. The zero-order valence-corrected chi connectivity index (χ0v) is 7.48. The molecule has 60 valence electrons. The number of aromatic nitrogens is 2. The van der Waals surface area contributed by atoms with Crippen molar-refractivity contribution in [3.63, 3.8) is 0 Å². The SMILES string of the molecule is Cc1cn(C)nc1CC(N)=S. The Labute approximate surface area is 71.2 Å². The third-order valence-electron chi connectivity index (χ3n) is 1.46. The van der Waals surface area contributed by atoms with Gasteiger partial charge in [-0.05, 0) is 12.5 Å². The van der Waals surface area contributed by atoms with E-state index < -0.39 is 0 Å². The molecule has 0 spiro atoms. The molecular weight excluding hydrogens is 158 g/mol. The van der Waals surface area contributed by atoms with E-state index in [4.69, 9.17) is 18.0 Å². The fourth-order valence-corrected chi connectivity index (χ4v) is 1.13. The van der Waals surface area contributed by atoms with E-state index in [9.17, 15) is 0 Å². The highest BCUT2D eigenvalue weighted by Crippen LogP contribution is 2.04. The fourth-order valence-electron chi connectivity index (χ4n) is 0.993. The highest BCUT2D eigenvalue weighted by molar-refractivity contribution is 7.80.